The number of carboxylic acid groups (broad SMARTS) is 1. The number of nitrogens with one attached hydrogen (secondary N) is 1. The molecule has 0 atom stereocenters. The second-order valence-electron chi connectivity index (χ2n) is 5.10. The van der Waals surface area contributed by atoms with Gasteiger partial charge >= 0.3 is 5.97 Å². The zero-order valence-electron chi connectivity index (χ0n) is 13.5. The summed E-state index contributed by atoms with van der Waals surface area (Å²) in [5, 5.41) is 20.9. The molecule has 2 aromatic rings. The number of amides is 1. The Balaban J connectivity index is 2.21. The van der Waals surface area contributed by atoms with E-state index in [1.165, 1.54) is 12.1 Å². The Morgan fingerprint density at radius 3 is 2.67 bits per heavy atom. The third-order valence-corrected chi connectivity index (χ3v) is 4.62. The zero-order valence-corrected chi connectivity index (χ0v) is 16.6. The number of anilines is 1. The molecule has 0 aliphatic heterocycles. The predicted octanol–water partition coefficient (Wildman–Crippen LogP) is 4.76. The molecule has 0 saturated heterocycles. The van der Waals surface area contributed by atoms with Gasteiger partial charge in [-0.2, -0.15) is 5.26 Å². The topological polar surface area (TPSA) is 99.4 Å². The quantitative estimate of drug-likeness (QED) is 0.469. The lowest BCUT2D eigenvalue weighted by molar-refractivity contribution is -0.139. The van der Waals surface area contributed by atoms with E-state index in [-0.39, 0.29) is 21.3 Å². The standard InChI is InChI=1S/C18H11BrCl2N2O4/c19-12-7-10(4-5-15(12)27-9-16(24)25)6-11(8-22)18(26)23-14-3-1-2-13(20)17(14)21/h1-7H,9H2,(H,23,26)(H,24,25)/b11-6-. The van der Waals surface area contributed by atoms with Gasteiger partial charge in [-0.15, -0.1) is 0 Å². The van der Waals surface area contributed by atoms with E-state index in [1.807, 2.05) is 6.07 Å². The van der Waals surface area contributed by atoms with E-state index in [0.29, 0.717) is 15.8 Å². The van der Waals surface area contributed by atoms with Crippen LogP contribution in [0.25, 0.3) is 6.08 Å². The fraction of sp³-hybridized carbons (Fsp3) is 0.0556. The molecule has 0 spiro atoms. The summed E-state index contributed by atoms with van der Waals surface area (Å²) in [6.45, 7) is -0.486. The van der Waals surface area contributed by atoms with E-state index >= 15 is 0 Å². The van der Waals surface area contributed by atoms with Gasteiger partial charge in [0, 0.05) is 0 Å². The van der Waals surface area contributed by atoms with E-state index in [1.54, 1.807) is 30.3 Å². The number of aliphatic carboxylic acids is 1. The van der Waals surface area contributed by atoms with E-state index in [2.05, 4.69) is 21.2 Å². The van der Waals surface area contributed by atoms with Crippen molar-refractivity contribution in [2.24, 2.45) is 0 Å². The molecule has 9 heteroatoms. The van der Waals surface area contributed by atoms with Gasteiger partial charge in [0.25, 0.3) is 5.91 Å². The number of hydrogen-bond donors (Lipinski definition) is 2. The molecule has 0 aromatic heterocycles. The Morgan fingerprint density at radius 2 is 2.04 bits per heavy atom. The Kier molecular flexibility index (Phi) is 7.25. The highest BCUT2D eigenvalue weighted by atomic mass is 79.9. The normalized spacial score (nSPS) is 10.8. The van der Waals surface area contributed by atoms with Crippen LogP contribution < -0.4 is 10.1 Å². The molecule has 2 rings (SSSR count). The van der Waals surface area contributed by atoms with Crippen LogP contribution in [0.2, 0.25) is 10.0 Å². The molecule has 138 valence electrons. The Morgan fingerprint density at radius 1 is 1.30 bits per heavy atom. The molecule has 0 unspecified atom stereocenters. The lowest BCUT2D eigenvalue weighted by Gasteiger charge is -2.08. The van der Waals surface area contributed by atoms with Gasteiger partial charge < -0.3 is 15.2 Å². The number of carboxylic acids is 1. The smallest absolute Gasteiger partial charge is 0.341 e. The highest BCUT2D eigenvalue weighted by Gasteiger charge is 2.13. The molecular formula is C18H11BrCl2N2O4. The van der Waals surface area contributed by atoms with E-state index in [0.717, 1.165) is 0 Å². The summed E-state index contributed by atoms with van der Waals surface area (Å²) in [5.41, 5.74) is 0.666. The SMILES string of the molecule is N#C/C(=C/c1ccc(OCC(=O)O)c(Br)c1)C(=O)Nc1cccc(Cl)c1Cl. The van der Waals surface area contributed by atoms with Crippen LogP contribution in [0, 0.1) is 11.3 Å². The molecule has 0 bridgehead atoms. The minimum Gasteiger partial charge on any atom is -0.481 e. The zero-order chi connectivity index (χ0) is 20.0. The fourth-order valence-corrected chi connectivity index (χ4v) is 2.83. The molecule has 0 saturated carbocycles. The number of carbonyl (C=O) groups excluding carboxylic acids is 1. The number of ether oxygens (including phenoxy) is 1. The maximum atomic E-state index is 12.3. The number of benzene rings is 2. The highest BCUT2D eigenvalue weighted by Crippen LogP contribution is 2.30. The summed E-state index contributed by atoms with van der Waals surface area (Å²) < 4.78 is 5.58. The van der Waals surface area contributed by atoms with Crippen molar-refractivity contribution in [1.29, 1.82) is 5.26 Å². The first kappa shape index (κ1) is 20.8. The highest BCUT2D eigenvalue weighted by molar-refractivity contribution is 9.10. The average molecular weight is 470 g/mol. The van der Waals surface area contributed by atoms with Crippen LogP contribution in [0.4, 0.5) is 5.69 Å². The summed E-state index contributed by atoms with van der Waals surface area (Å²) in [5.74, 6) is -1.43. The summed E-state index contributed by atoms with van der Waals surface area (Å²) >= 11 is 15.2. The molecule has 2 N–H and O–H groups in total. The molecule has 2 aromatic carbocycles. The van der Waals surface area contributed by atoms with Gasteiger partial charge in [-0.25, -0.2) is 4.79 Å². The first-order valence-corrected chi connectivity index (χ1v) is 8.88. The van der Waals surface area contributed by atoms with Crippen LogP contribution in [0.5, 0.6) is 5.75 Å². The van der Waals surface area contributed by atoms with Crippen molar-refractivity contribution < 1.29 is 19.4 Å². The van der Waals surface area contributed by atoms with E-state index in [9.17, 15) is 14.9 Å². The first-order valence-electron chi connectivity index (χ1n) is 7.33. The van der Waals surface area contributed by atoms with Gasteiger partial charge in [0.1, 0.15) is 17.4 Å². The summed E-state index contributed by atoms with van der Waals surface area (Å²) in [4.78, 5) is 22.9. The predicted molar refractivity (Wildman–Crippen MR) is 106 cm³/mol. The summed E-state index contributed by atoms with van der Waals surface area (Å²) in [6.07, 6.45) is 1.37. The van der Waals surface area contributed by atoms with Crippen LogP contribution in [0.15, 0.2) is 46.4 Å². The molecule has 1 amide bonds. The lowest BCUT2D eigenvalue weighted by Crippen LogP contribution is -2.13. The summed E-state index contributed by atoms with van der Waals surface area (Å²) in [6, 6.07) is 11.3. The Bertz CT molecular complexity index is 970. The average Bonchev–Trinajstić information content (AvgIpc) is 2.62. The lowest BCUT2D eigenvalue weighted by atomic mass is 10.1. The number of rotatable bonds is 6. The maximum absolute atomic E-state index is 12.3. The molecule has 27 heavy (non-hydrogen) atoms. The van der Waals surface area contributed by atoms with Crippen molar-refractivity contribution in [3.63, 3.8) is 0 Å². The Labute approximate surface area is 173 Å². The van der Waals surface area contributed by atoms with Crippen LogP contribution in [0.3, 0.4) is 0 Å². The summed E-state index contributed by atoms with van der Waals surface area (Å²) in [7, 11) is 0. The molecular weight excluding hydrogens is 459 g/mol. The van der Waals surface area contributed by atoms with Crippen LogP contribution in [-0.4, -0.2) is 23.6 Å². The monoisotopic (exact) mass is 468 g/mol. The van der Waals surface area contributed by atoms with Crippen LogP contribution in [-0.2, 0) is 9.59 Å². The maximum Gasteiger partial charge on any atom is 0.341 e. The van der Waals surface area contributed by atoms with Crippen LogP contribution >= 0.6 is 39.1 Å². The van der Waals surface area contributed by atoms with Crippen molar-refractivity contribution in [2.75, 3.05) is 11.9 Å². The van der Waals surface area contributed by atoms with Crippen molar-refractivity contribution in [3.8, 4) is 11.8 Å². The van der Waals surface area contributed by atoms with Gasteiger partial charge in [-0.3, -0.25) is 4.79 Å². The number of carbonyl (C=O) groups is 2. The minimum atomic E-state index is -1.10. The molecule has 0 radical (unpaired) electrons. The van der Waals surface area contributed by atoms with Gasteiger partial charge in [-0.05, 0) is 51.8 Å². The van der Waals surface area contributed by atoms with Crippen molar-refractivity contribution in [1.82, 2.24) is 0 Å². The number of nitrogens with zero attached hydrogens (tertiary/aromatic N) is 1. The van der Waals surface area contributed by atoms with Gasteiger partial charge in [0.15, 0.2) is 6.61 Å². The molecule has 0 aliphatic rings. The number of nitriles is 1. The van der Waals surface area contributed by atoms with E-state index in [4.69, 9.17) is 33.0 Å². The number of hydrogen-bond acceptors (Lipinski definition) is 4. The fourth-order valence-electron chi connectivity index (χ4n) is 1.97. The van der Waals surface area contributed by atoms with Crippen LogP contribution in [0.1, 0.15) is 5.56 Å². The van der Waals surface area contributed by atoms with Gasteiger partial charge in [0.05, 0.1) is 20.2 Å². The third kappa shape index (κ3) is 5.73. The molecule has 0 heterocycles. The van der Waals surface area contributed by atoms with Crippen molar-refractivity contribution in [2.45, 2.75) is 0 Å². The second-order valence-corrected chi connectivity index (χ2v) is 6.74. The second kappa shape index (κ2) is 9.42. The Hall–Kier alpha value is -2.53. The van der Waals surface area contributed by atoms with Gasteiger partial charge in [-0.1, -0.05) is 35.3 Å². The first-order chi connectivity index (χ1) is 12.8. The molecule has 0 fully saturated rings. The number of halogens is 3. The van der Waals surface area contributed by atoms with Gasteiger partial charge in [0.2, 0.25) is 0 Å². The van der Waals surface area contributed by atoms with Crippen molar-refractivity contribution in [3.05, 3.63) is 62.1 Å². The molecule has 0 aliphatic carbocycles. The molecule has 6 nitrogen and oxygen atoms in total. The van der Waals surface area contributed by atoms with Crippen molar-refractivity contribution >= 4 is 62.8 Å². The third-order valence-electron chi connectivity index (χ3n) is 3.18. The van der Waals surface area contributed by atoms with E-state index < -0.39 is 18.5 Å². The largest absolute Gasteiger partial charge is 0.481 e. The minimum absolute atomic E-state index is 0.155.